The fourth-order valence-corrected chi connectivity index (χ4v) is 2.46. The fourth-order valence-electron chi connectivity index (χ4n) is 2.46. The second-order valence-electron chi connectivity index (χ2n) is 6.78. The third kappa shape index (κ3) is 3.83. The molecule has 0 amide bonds. The molecule has 0 radical (unpaired) electrons. The van der Waals surface area contributed by atoms with Gasteiger partial charge in [-0.25, -0.2) is 4.79 Å². The minimum atomic E-state index is -0.576. The highest BCUT2D eigenvalue weighted by molar-refractivity contribution is 6.63. The summed E-state index contributed by atoms with van der Waals surface area (Å²) in [5, 5.41) is 0. The van der Waals surface area contributed by atoms with E-state index in [4.69, 9.17) is 18.8 Å². The van der Waals surface area contributed by atoms with E-state index in [9.17, 15) is 4.79 Å². The van der Waals surface area contributed by atoms with Crippen molar-refractivity contribution in [1.29, 1.82) is 0 Å². The van der Waals surface area contributed by atoms with E-state index in [1.54, 1.807) is 32.4 Å². The van der Waals surface area contributed by atoms with Crippen molar-refractivity contribution >= 4 is 24.6 Å². The quantitative estimate of drug-likeness (QED) is 0.462. The van der Waals surface area contributed by atoms with Gasteiger partial charge < -0.3 is 23.5 Å². The first-order valence-electron chi connectivity index (χ1n) is 8.02. The summed E-state index contributed by atoms with van der Waals surface area (Å²) < 4.78 is 27.8. The number of methoxy groups -OCH3 is 3. The smallest absolute Gasteiger partial charge is 0.497 e. The molecule has 1 heterocycles. The molecule has 0 bridgehead atoms. The van der Waals surface area contributed by atoms with Gasteiger partial charge in [0.15, 0.2) is 0 Å². The predicted octanol–water partition coefficient (Wildman–Crippen LogP) is 2.19. The maximum atomic E-state index is 11.3. The highest BCUT2D eigenvalue weighted by Crippen LogP contribution is 2.38. The molecule has 0 aromatic heterocycles. The number of carbonyl (C=O) groups excluding carboxylic acids is 1. The summed E-state index contributed by atoms with van der Waals surface area (Å²) in [4.78, 5) is 11.3. The Morgan fingerprint density at radius 3 is 2.04 bits per heavy atom. The maximum Gasteiger partial charge on any atom is 0.498 e. The first-order chi connectivity index (χ1) is 11.6. The van der Waals surface area contributed by atoms with Crippen molar-refractivity contribution in [3.8, 4) is 11.5 Å². The molecule has 25 heavy (non-hydrogen) atoms. The second kappa shape index (κ2) is 7.10. The molecule has 0 aliphatic carbocycles. The molecule has 0 N–H and O–H groups in total. The van der Waals surface area contributed by atoms with Crippen molar-refractivity contribution in [2.45, 2.75) is 38.9 Å². The number of carbonyl (C=O) groups is 1. The van der Waals surface area contributed by atoms with E-state index in [0.29, 0.717) is 17.1 Å². The van der Waals surface area contributed by atoms with Crippen LogP contribution in [0.1, 0.15) is 33.3 Å². The first-order valence-corrected chi connectivity index (χ1v) is 8.02. The van der Waals surface area contributed by atoms with E-state index in [1.165, 1.54) is 13.2 Å². The Morgan fingerprint density at radius 2 is 1.56 bits per heavy atom. The van der Waals surface area contributed by atoms with Crippen LogP contribution < -0.4 is 14.9 Å². The van der Waals surface area contributed by atoms with Gasteiger partial charge in [0.25, 0.3) is 0 Å². The van der Waals surface area contributed by atoms with E-state index in [1.807, 2.05) is 27.7 Å². The molecule has 1 fully saturated rings. The average Bonchev–Trinajstić information content (AvgIpc) is 2.79. The molecule has 136 valence electrons. The van der Waals surface area contributed by atoms with E-state index >= 15 is 0 Å². The van der Waals surface area contributed by atoms with Crippen LogP contribution in [0.4, 0.5) is 0 Å². The molecular weight excluding hydrogens is 323 g/mol. The second-order valence-corrected chi connectivity index (χ2v) is 6.78. The van der Waals surface area contributed by atoms with E-state index in [2.05, 4.69) is 4.74 Å². The normalized spacial score (nSPS) is 18.4. The fraction of sp³-hybridized carbons (Fsp3) is 0.500. The van der Waals surface area contributed by atoms with Crippen molar-refractivity contribution in [1.82, 2.24) is 0 Å². The van der Waals surface area contributed by atoms with Gasteiger partial charge in [0, 0.05) is 17.1 Å². The number of benzene rings is 1. The van der Waals surface area contributed by atoms with Crippen LogP contribution in [0, 0.1) is 0 Å². The SMILES string of the molecule is COC(=O)/C=C/c1cc(OC)c(B2OC(C)(C)C(C)(C)O2)cc1OC. The molecule has 1 aliphatic heterocycles. The van der Waals surface area contributed by atoms with Crippen molar-refractivity contribution in [2.24, 2.45) is 0 Å². The molecule has 1 aromatic carbocycles. The Labute approximate surface area is 149 Å². The molecule has 1 saturated heterocycles. The first kappa shape index (κ1) is 19.3. The van der Waals surface area contributed by atoms with Crippen LogP contribution in [0.25, 0.3) is 6.08 Å². The van der Waals surface area contributed by atoms with Crippen LogP contribution in [-0.2, 0) is 18.8 Å². The Hall–Kier alpha value is -1.99. The summed E-state index contributed by atoms with van der Waals surface area (Å²) in [5.74, 6) is 0.713. The van der Waals surface area contributed by atoms with Crippen LogP contribution in [0.15, 0.2) is 18.2 Å². The van der Waals surface area contributed by atoms with Gasteiger partial charge in [-0.1, -0.05) is 0 Å². The number of hydrogen-bond acceptors (Lipinski definition) is 6. The predicted molar refractivity (Wildman–Crippen MR) is 96.3 cm³/mol. The van der Waals surface area contributed by atoms with Crippen molar-refractivity contribution < 1.29 is 28.3 Å². The summed E-state index contributed by atoms with van der Waals surface area (Å²) in [6, 6.07) is 3.58. The Kier molecular flexibility index (Phi) is 5.49. The topological polar surface area (TPSA) is 63.2 Å². The zero-order valence-corrected chi connectivity index (χ0v) is 15.8. The monoisotopic (exact) mass is 348 g/mol. The highest BCUT2D eigenvalue weighted by atomic mass is 16.7. The third-order valence-corrected chi connectivity index (χ3v) is 4.69. The summed E-state index contributed by atoms with van der Waals surface area (Å²) in [7, 11) is 3.88. The molecule has 0 atom stereocenters. The Morgan fingerprint density at radius 1 is 1.00 bits per heavy atom. The van der Waals surface area contributed by atoms with Gasteiger partial charge in [0.05, 0.1) is 32.5 Å². The highest BCUT2D eigenvalue weighted by Gasteiger charge is 2.52. The minimum absolute atomic E-state index is 0.448. The van der Waals surface area contributed by atoms with Crippen molar-refractivity contribution in [2.75, 3.05) is 21.3 Å². The Balaban J connectivity index is 2.44. The molecule has 1 aromatic rings. The van der Waals surface area contributed by atoms with E-state index < -0.39 is 24.3 Å². The molecule has 2 rings (SSSR count). The average molecular weight is 348 g/mol. The molecule has 7 heteroatoms. The summed E-state index contributed by atoms with van der Waals surface area (Å²) >= 11 is 0. The van der Waals surface area contributed by atoms with Crippen LogP contribution in [0.2, 0.25) is 0 Å². The maximum absolute atomic E-state index is 11.3. The van der Waals surface area contributed by atoms with Crippen LogP contribution in [0.5, 0.6) is 11.5 Å². The number of hydrogen-bond donors (Lipinski definition) is 0. The van der Waals surface area contributed by atoms with Gasteiger partial charge >= 0.3 is 13.1 Å². The zero-order chi connectivity index (χ0) is 18.8. The lowest BCUT2D eigenvalue weighted by Gasteiger charge is -2.32. The summed E-state index contributed by atoms with van der Waals surface area (Å²) in [6.45, 7) is 7.96. The lowest BCUT2D eigenvalue weighted by atomic mass is 9.77. The van der Waals surface area contributed by atoms with Crippen molar-refractivity contribution in [3.63, 3.8) is 0 Å². The standard InChI is InChI=1S/C18H25BO6/c1-17(2)18(3,4)25-19(24-17)13-11-14(21-5)12(10-15(13)22-6)8-9-16(20)23-7/h8-11H,1-7H3/b9-8+. The molecule has 1 aliphatic rings. The Bertz CT molecular complexity index is 664. The van der Waals surface area contributed by atoms with Crippen LogP contribution in [0.3, 0.4) is 0 Å². The summed E-state index contributed by atoms with van der Waals surface area (Å²) in [5.41, 5.74) is 0.497. The summed E-state index contributed by atoms with van der Waals surface area (Å²) in [6.07, 6.45) is 2.94. The van der Waals surface area contributed by atoms with Gasteiger partial charge in [0.1, 0.15) is 11.5 Å². The van der Waals surface area contributed by atoms with Gasteiger partial charge in [-0.05, 0) is 45.9 Å². The molecular formula is C18H25BO6. The largest absolute Gasteiger partial charge is 0.498 e. The number of ether oxygens (including phenoxy) is 3. The van der Waals surface area contributed by atoms with Gasteiger partial charge in [-0.15, -0.1) is 0 Å². The van der Waals surface area contributed by atoms with E-state index in [0.717, 1.165) is 5.46 Å². The minimum Gasteiger partial charge on any atom is -0.497 e. The molecule has 6 nitrogen and oxygen atoms in total. The van der Waals surface area contributed by atoms with Crippen LogP contribution in [-0.4, -0.2) is 45.6 Å². The van der Waals surface area contributed by atoms with E-state index in [-0.39, 0.29) is 0 Å². The van der Waals surface area contributed by atoms with Crippen molar-refractivity contribution in [3.05, 3.63) is 23.8 Å². The molecule has 0 saturated carbocycles. The van der Waals surface area contributed by atoms with Crippen LogP contribution >= 0.6 is 0 Å². The third-order valence-electron chi connectivity index (χ3n) is 4.69. The number of rotatable bonds is 5. The molecule has 0 unspecified atom stereocenters. The zero-order valence-electron chi connectivity index (χ0n) is 15.8. The van der Waals surface area contributed by atoms with Gasteiger partial charge in [0.2, 0.25) is 0 Å². The van der Waals surface area contributed by atoms with Gasteiger partial charge in [-0.2, -0.15) is 0 Å². The number of esters is 1. The lowest BCUT2D eigenvalue weighted by molar-refractivity contribution is -0.134. The molecule has 0 spiro atoms. The lowest BCUT2D eigenvalue weighted by Crippen LogP contribution is -2.41. The van der Waals surface area contributed by atoms with Gasteiger partial charge in [-0.3, -0.25) is 0 Å².